The van der Waals surface area contributed by atoms with Gasteiger partial charge in [0, 0.05) is 0 Å². The predicted molar refractivity (Wildman–Crippen MR) is 48.6 cm³/mol. The lowest BCUT2D eigenvalue weighted by Crippen LogP contribution is -2.00. The minimum absolute atomic E-state index is 0. The molecule has 0 spiro atoms. The number of hydrogen-bond donors (Lipinski definition) is 0. The Morgan fingerprint density at radius 2 is 2.00 bits per heavy atom. The van der Waals surface area contributed by atoms with E-state index in [1.807, 2.05) is 30.3 Å². The molecule has 1 aromatic rings. The van der Waals surface area contributed by atoms with Crippen LogP contribution in [0.2, 0.25) is 0 Å². The Labute approximate surface area is 77.6 Å². The summed E-state index contributed by atoms with van der Waals surface area (Å²) in [5.41, 5.74) is 0.876. The van der Waals surface area contributed by atoms with Gasteiger partial charge in [0.25, 0.3) is 0 Å². The van der Waals surface area contributed by atoms with Crippen LogP contribution >= 0.6 is 0 Å². The van der Waals surface area contributed by atoms with E-state index >= 15 is 0 Å². The van der Waals surface area contributed by atoms with Gasteiger partial charge in [-0.25, -0.2) is 4.79 Å². The molecule has 0 amide bonds. The first-order valence-electron chi connectivity index (χ1n) is 3.43. The molecule has 0 N–H and O–H groups in total. The Kier molecular flexibility index (Phi) is 4.97. The van der Waals surface area contributed by atoms with Crippen molar-refractivity contribution in [2.24, 2.45) is 0 Å². The van der Waals surface area contributed by atoms with Crippen molar-refractivity contribution in [1.82, 2.24) is 0 Å². The molecule has 0 saturated carbocycles. The molecule has 3 heteroatoms. The summed E-state index contributed by atoms with van der Waals surface area (Å²) in [4.78, 5) is 10.4. The maximum atomic E-state index is 10.4. The Bertz CT molecular complexity index is 300. The van der Waals surface area contributed by atoms with E-state index in [1.54, 1.807) is 0 Å². The number of rotatable bonds is 2. The van der Waals surface area contributed by atoms with Gasteiger partial charge in [0.2, 0.25) is 0 Å². The molecule has 0 fully saturated rings. The van der Waals surface area contributed by atoms with Gasteiger partial charge in [-0.15, -0.1) is 0 Å². The van der Waals surface area contributed by atoms with Crippen molar-refractivity contribution in [2.45, 2.75) is 14.0 Å². The van der Waals surface area contributed by atoms with Crippen LogP contribution in [0.1, 0.15) is 13.0 Å². The molecule has 0 aliphatic carbocycles. The topological polar surface area (TPSA) is 50.1 Å². The first-order valence-corrected chi connectivity index (χ1v) is 3.43. The number of carbonyl (C=O) groups is 1. The summed E-state index contributed by atoms with van der Waals surface area (Å²) in [6, 6.07) is 10.6. The molecule has 0 aromatic heterocycles. The van der Waals surface area contributed by atoms with E-state index in [0.29, 0.717) is 0 Å². The molecule has 0 atom stereocenters. The predicted octanol–water partition coefficient (Wildman–Crippen LogP) is 1.89. The lowest BCUT2D eigenvalue weighted by Gasteiger charge is -1.98. The van der Waals surface area contributed by atoms with Gasteiger partial charge in [-0.2, -0.15) is 5.26 Å². The number of nitrogens with zero attached hydrogens (tertiary/aromatic N) is 1. The summed E-state index contributed by atoms with van der Waals surface area (Å²) in [7, 11) is 0. The summed E-state index contributed by atoms with van der Waals surface area (Å²) >= 11 is 0. The zero-order valence-electron chi connectivity index (χ0n) is 6.36. The Morgan fingerprint density at radius 1 is 1.38 bits per heavy atom. The van der Waals surface area contributed by atoms with Crippen molar-refractivity contribution in [3.63, 3.8) is 0 Å². The number of hydrogen-bond acceptors (Lipinski definition) is 3. The summed E-state index contributed by atoms with van der Waals surface area (Å²) in [6.45, 7) is 0.160. The highest BCUT2D eigenvalue weighted by Gasteiger charge is 1.98. The number of esters is 1. The minimum Gasteiger partial charge on any atom is -0.450 e. The minimum atomic E-state index is -0.848. The highest BCUT2D eigenvalue weighted by atomic mass is 16.5. The molecule has 0 aliphatic rings. The molecule has 0 bridgehead atoms. The van der Waals surface area contributed by atoms with Gasteiger partial charge in [0.1, 0.15) is 6.61 Å². The van der Waals surface area contributed by atoms with E-state index in [4.69, 9.17) is 5.26 Å². The molecule has 0 unspecified atom stereocenters. The molecule has 13 heavy (non-hydrogen) atoms. The molecule has 3 nitrogen and oxygen atoms in total. The van der Waals surface area contributed by atoms with Gasteiger partial charge in [-0.3, -0.25) is 0 Å². The van der Waals surface area contributed by atoms with Crippen molar-refractivity contribution in [1.29, 1.82) is 5.26 Å². The normalized spacial score (nSPS) is 7.92. The highest BCUT2D eigenvalue weighted by molar-refractivity contribution is 5.85. The second-order valence-electron chi connectivity index (χ2n) is 2.17. The van der Waals surface area contributed by atoms with Crippen LogP contribution in [-0.2, 0) is 16.1 Å². The van der Waals surface area contributed by atoms with Gasteiger partial charge < -0.3 is 4.74 Å². The monoisotopic (exact) mass is 177 g/mol. The number of nitriles is 1. The van der Waals surface area contributed by atoms with Gasteiger partial charge in [-0.1, -0.05) is 37.8 Å². The largest absolute Gasteiger partial charge is 0.450 e. The fraction of sp³-hybridized carbons (Fsp3) is 0.200. The highest BCUT2D eigenvalue weighted by Crippen LogP contribution is 1.99. The summed E-state index contributed by atoms with van der Waals surface area (Å²) in [5, 5.41) is 8.09. The molecule has 0 radical (unpaired) electrons. The van der Waals surface area contributed by atoms with E-state index in [-0.39, 0.29) is 14.0 Å². The fourth-order valence-electron chi connectivity index (χ4n) is 0.755. The lowest BCUT2D eigenvalue weighted by molar-refractivity contribution is -0.138. The van der Waals surface area contributed by atoms with Crippen LogP contribution < -0.4 is 0 Å². The molecule has 0 saturated heterocycles. The first-order chi connectivity index (χ1) is 5.83. The van der Waals surface area contributed by atoms with Crippen LogP contribution in [-0.4, -0.2) is 5.97 Å². The molecule has 0 heterocycles. The van der Waals surface area contributed by atoms with Crippen molar-refractivity contribution >= 4 is 5.97 Å². The van der Waals surface area contributed by atoms with Crippen LogP contribution in [0.15, 0.2) is 30.3 Å². The van der Waals surface area contributed by atoms with Crippen molar-refractivity contribution in [3.8, 4) is 6.07 Å². The Hall–Kier alpha value is -1.82. The van der Waals surface area contributed by atoms with E-state index in [2.05, 4.69) is 4.74 Å². The quantitative estimate of drug-likeness (QED) is 0.512. The third-order valence-electron chi connectivity index (χ3n) is 1.30. The molecule has 1 aromatic carbocycles. The Balaban J connectivity index is 0.00000144. The van der Waals surface area contributed by atoms with Gasteiger partial charge in [0.05, 0.1) is 0 Å². The smallest absolute Gasteiger partial charge is 0.411 e. The maximum Gasteiger partial charge on any atom is 0.411 e. The van der Waals surface area contributed by atoms with E-state index in [9.17, 15) is 4.79 Å². The van der Waals surface area contributed by atoms with Crippen LogP contribution in [0.3, 0.4) is 0 Å². The van der Waals surface area contributed by atoms with Crippen LogP contribution in [0.4, 0.5) is 0 Å². The van der Waals surface area contributed by atoms with Crippen LogP contribution in [0.25, 0.3) is 0 Å². The van der Waals surface area contributed by atoms with Gasteiger partial charge in [0.15, 0.2) is 6.07 Å². The standard InChI is InChI=1S/C9H7NO2.CH4/c10-6-9(11)12-7-8-4-2-1-3-5-8;/h1-5H,7H2;1H4. The summed E-state index contributed by atoms with van der Waals surface area (Å²) < 4.78 is 4.58. The van der Waals surface area contributed by atoms with Gasteiger partial charge >= 0.3 is 5.97 Å². The average Bonchev–Trinajstić information content (AvgIpc) is 2.16. The van der Waals surface area contributed by atoms with Crippen molar-refractivity contribution in [2.75, 3.05) is 0 Å². The zero-order valence-corrected chi connectivity index (χ0v) is 6.36. The second kappa shape index (κ2) is 5.78. The SMILES string of the molecule is C.N#CC(=O)OCc1ccccc1. The summed E-state index contributed by atoms with van der Waals surface area (Å²) in [5.74, 6) is -0.848. The first kappa shape index (κ1) is 11.2. The molecular weight excluding hydrogens is 166 g/mol. The molecule has 0 aliphatic heterocycles. The van der Waals surface area contributed by atoms with E-state index in [0.717, 1.165) is 5.56 Å². The van der Waals surface area contributed by atoms with Crippen LogP contribution in [0.5, 0.6) is 0 Å². The Morgan fingerprint density at radius 3 is 2.54 bits per heavy atom. The van der Waals surface area contributed by atoms with Crippen molar-refractivity contribution < 1.29 is 9.53 Å². The number of carbonyl (C=O) groups excluding carboxylic acids is 1. The molecule has 68 valence electrons. The second-order valence-corrected chi connectivity index (χ2v) is 2.17. The average molecular weight is 177 g/mol. The number of benzene rings is 1. The van der Waals surface area contributed by atoms with Gasteiger partial charge in [-0.05, 0) is 5.56 Å². The third-order valence-corrected chi connectivity index (χ3v) is 1.30. The fourth-order valence-corrected chi connectivity index (χ4v) is 0.755. The van der Waals surface area contributed by atoms with Crippen molar-refractivity contribution in [3.05, 3.63) is 35.9 Å². The van der Waals surface area contributed by atoms with E-state index < -0.39 is 5.97 Å². The lowest BCUT2D eigenvalue weighted by atomic mass is 10.2. The van der Waals surface area contributed by atoms with Crippen LogP contribution in [0, 0.1) is 11.3 Å². The van der Waals surface area contributed by atoms with E-state index in [1.165, 1.54) is 6.07 Å². The number of ether oxygens (including phenoxy) is 1. The molecule has 1 rings (SSSR count). The zero-order chi connectivity index (χ0) is 8.81. The third kappa shape index (κ3) is 3.92. The molecular formula is C10H11NO2. The summed E-state index contributed by atoms with van der Waals surface area (Å²) in [6.07, 6.45) is 0. The maximum absolute atomic E-state index is 10.4.